The lowest BCUT2D eigenvalue weighted by atomic mass is 10.1. The van der Waals surface area contributed by atoms with Gasteiger partial charge in [0.15, 0.2) is 0 Å². The Bertz CT molecular complexity index is 635. The predicted molar refractivity (Wildman–Crippen MR) is 84.8 cm³/mol. The summed E-state index contributed by atoms with van der Waals surface area (Å²) >= 11 is 1.55. The van der Waals surface area contributed by atoms with Gasteiger partial charge in [-0.25, -0.2) is 0 Å². The van der Waals surface area contributed by atoms with E-state index in [2.05, 4.69) is 24.1 Å². The largest absolute Gasteiger partial charge is 0.319 e. The second-order valence-electron chi connectivity index (χ2n) is 5.04. The van der Waals surface area contributed by atoms with Gasteiger partial charge in [-0.1, -0.05) is 6.92 Å². The van der Waals surface area contributed by atoms with Crippen molar-refractivity contribution in [2.24, 2.45) is 0 Å². The van der Waals surface area contributed by atoms with E-state index < -0.39 is 0 Å². The van der Waals surface area contributed by atoms with Crippen molar-refractivity contribution in [2.75, 3.05) is 5.32 Å². The molecule has 0 aromatic carbocycles. The molecule has 0 fully saturated rings. The highest BCUT2D eigenvalue weighted by molar-refractivity contribution is 7.14. The van der Waals surface area contributed by atoms with E-state index in [4.69, 9.17) is 0 Å². The van der Waals surface area contributed by atoms with Crippen molar-refractivity contribution >= 4 is 22.9 Å². The Balaban J connectivity index is 2.28. The first-order chi connectivity index (χ1) is 9.42. The van der Waals surface area contributed by atoms with Gasteiger partial charge in [-0.05, 0) is 57.4 Å². The summed E-state index contributed by atoms with van der Waals surface area (Å²) in [5.41, 5.74) is 4.95. The number of thiophene rings is 1. The van der Waals surface area contributed by atoms with Crippen LogP contribution in [0.3, 0.4) is 0 Å². The zero-order valence-corrected chi connectivity index (χ0v) is 13.4. The normalized spacial score (nSPS) is 10.7. The van der Waals surface area contributed by atoms with Crippen LogP contribution in [-0.4, -0.2) is 10.9 Å². The van der Waals surface area contributed by atoms with E-state index in [0.29, 0.717) is 0 Å². The van der Waals surface area contributed by atoms with Gasteiger partial charge in [0.25, 0.3) is 5.91 Å². The standard InChI is InChI=1S/C16H20N2OS/c1-6-13-8-14(20-12(13)5)16(19)18-15-9(2)7-10(3)17-11(15)4/h7-8H,6H2,1-5H3,(H,18,19). The van der Waals surface area contributed by atoms with Gasteiger partial charge in [0, 0.05) is 10.6 Å². The van der Waals surface area contributed by atoms with Crippen molar-refractivity contribution < 1.29 is 4.79 Å². The minimum atomic E-state index is -0.0466. The zero-order valence-electron chi connectivity index (χ0n) is 12.6. The second kappa shape index (κ2) is 5.75. The number of aryl methyl sites for hydroxylation is 5. The van der Waals surface area contributed by atoms with Crippen LogP contribution in [0.15, 0.2) is 12.1 Å². The highest BCUT2D eigenvalue weighted by Gasteiger charge is 2.14. The third-order valence-electron chi connectivity index (χ3n) is 3.39. The Morgan fingerprint density at radius 3 is 2.50 bits per heavy atom. The summed E-state index contributed by atoms with van der Waals surface area (Å²) in [6.07, 6.45) is 0.958. The lowest BCUT2D eigenvalue weighted by Crippen LogP contribution is -2.13. The maximum absolute atomic E-state index is 12.4. The van der Waals surface area contributed by atoms with Gasteiger partial charge in [-0.2, -0.15) is 0 Å². The number of nitrogens with zero attached hydrogens (tertiary/aromatic N) is 1. The lowest BCUT2D eigenvalue weighted by molar-refractivity contribution is 0.103. The maximum atomic E-state index is 12.4. The minimum Gasteiger partial charge on any atom is -0.319 e. The van der Waals surface area contributed by atoms with Gasteiger partial charge >= 0.3 is 0 Å². The first kappa shape index (κ1) is 14.7. The molecule has 0 atom stereocenters. The number of rotatable bonds is 3. The average molecular weight is 288 g/mol. The average Bonchev–Trinajstić information content (AvgIpc) is 2.75. The topological polar surface area (TPSA) is 42.0 Å². The van der Waals surface area contributed by atoms with Crippen molar-refractivity contribution in [1.82, 2.24) is 4.98 Å². The number of pyridine rings is 1. The van der Waals surface area contributed by atoms with Gasteiger partial charge in [-0.3, -0.25) is 9.78 Å². The molecular weight excluding hydrogens is 268 g/mol. The molecule has 0 bridgehead atoms. The molecule has 1 amide bonds. The van der Waals surface area contributed by atoms with Crippen LogP contribution in [0, 0.1) is 27.7 Å². The van der Waals surface area contributed by atoms with Gasteiger partial charge in [-0.15, -0.1) is 11.3 Å². The van der Waals surface area contributed by atoms with Crippen LogP contribution in [0.1, 0.15) is 44.0 Å². The molecule has 0 aliphatic heterocycles. The summed E-state index contributed by atoms with van der Waals surface area (Å²) in [6.45, 7) is 10.0. The molecule has 0 radical (unpaired) electrons. The molecule has 2 heterocycles. The monoisotopic (exact) mass is 288 g/mol. The first-order valence-electron chi connectivity index (χ1n) is 6.77. The molecule has 1 N–H and O–H groups in total. The first-order valence-corrected chi connectivity index (χ1v) is 7.59. The van der Waals surface area contributed by atoms with Crippen LogP contribution in [0.4, 0.5) is 5.69 Å². The molecule has 3 nitrogen and oxygen atoms in total. The summed E-state index contributed by atoms with van der Waals surface area (Å²) in [7, 11) is 0. The molecule has 4 heteroatoms. The van der Waals surface area contributed by atoms with Crippen LogP contribution in [-0.2, 0) is 6.42 Å². The molecule has 2 aromatic rings. The van der Waals surface area contributed by atoms with Crippen LogP contribution in [0.2, 0.25) is 0 Å². The summed E-state index contributed by atoms with van der Waals surface area (Å²) in [4.78, 5) is 18.7. The van der Waals surface area contributed by atoms with Gasteiger partial charge < -0.3 is 5.32 Å². The predicted octanol–water partition coefficient (Wildman–Crippen LogP) is 4.19. The molecule has 0 aliphatic rings. The van der Waals surface area contributed by atoms with Crippen LogP contribution in [0.5, 0.6) is 0 Å². The second-order valence-corrected chi connectivity index (χ2v) is 6.30. The van der Waals surface area contributed by atoms with Crippen LogP contribution < -0.4 is 5.32 Å². The van der Waals surface area contributed by atoms with Crippen LogP contribution in [0.25, 0.3) is 0 Å². The van der Waals surface area contributed by atoms with Gasteiger partial charge in [0.1, 0.15) is 0 Å². The summed E-state index contributed by atoms with van der Waals surface area (Å²) in [5.74, 6) is -0.0466. The molecule has 0 unspecified atom stereocenters. The fourth-order valence-electron chi connectivity index (χ4n) is 2.37. The van der Waals surface area contributed by atoms with E-state index in [1.165, 1.54) is 10.4 Å². The molecular formula is C16H20N2OS. The quantitative estimate of drug-likeness (QED) is 0.920. The molecule has 2 rings (SSSR count). The van der Waals surface area contributed by atoms with Crippen molar-refractivity contribution in [3.8, 4) is 0 Å². The maximum Gasteiger partial charge on any atom is 0.265 e. The summed E-state index contributed by atoms with van der Waals surface area (Å²) < 4.78 is 0. The van der Waals surface area contributed by atoms with E-state index in [-0.39, 0.29) is 5.91 Å². The number of hydrogen-bond donors (Lipinski definition) is 1. The van der Waals surface area contributed by atoms with Crippen molar-refractivity contribution in [3.63, 3.8) is 0 Å². The lowest BCUT2D eigenvalue weighted by Gasteiger charge is -2.11. The molecule has 0 spiro atoms. The Kier molecular flexibility index (Phi) is 4.23. The minimum absolute atomic E-state index is 0.0466. The molecule has 0 aliphatic carbocycles. The van der Waals surface area contributed by atoms with Crippen molar-refractivity contribution in [1.29, 1.82) is 0 Å². The summed E-state index contributed by atoms with van der Waals surface area (Å²) in [5, 5.41) is 3.00. The smallest absolute Gasteiger partial charge is 0.265 e. The van der Waals surface area contributed by atoms with Gasteiger partial charge in [0.05, 0.1) is 16.3 Å². The SMILES string of the molecule is CCc1cc(C(=O)Nc2c(C)cc(C)nc2C)sc1C. The number of amides is 1. The van der Waals surface area contributed by atoms with E-state index in [9.17, 15) is 4.79 Å². The third kappa shape index (κ3) is 2.90. The third-order valence-corrected chi connectivity index (χ3v) is 4.48. The molecule has 0 saturated carbocycles. The molecule has 106 valence electrons. The van der Waals surface area contributed by atoms with E-state index in [1.807, 2.05) is 32.9 Å². The Morgan fingerprint density at radius 1 is 1.25 bits per heavy atom. The molecule has 0 saturated heterocycles. The van der Waals surface area contributed by atoms with E-state index >= 15 is 0 Å². The highest BCUT2D eigenvalue weighted by atomic mass is 32.1. The van der Waals surface area contributed by atoms with E-state index in [1.54, 1.807) is 11.3 Å². The fourth-order valence-corrected chi connectivity index (χ4v) is 3.38. The van der Waals surface area contributed by atoms with Crippen molar-refractivity contribution in [2.45, 2.75) is 41.0 Å². The number of carbonyl (C=O) groups excluding carboxylic acids is 1. The fraction of sp³-hybridized carbons (Fsp3) is 0.375. The number of carbonyl (C=O) groups is 1. The Hall–Kier alpha value is -1.68. The molecule has 2 aromatic heterocycles. The number of anilines is 1. The summed E-state index contributed by atoms with van der Waals surface area (Å²) in [6, 6.07) is 3.97. The van der Waals surface area contributed by atoms with Crippen LogP contribution >= 0.6 is 11.3 Å². The number of hydrogen-bond acceptors (Lipinski definition) is 3. The number of nitrogens with one attached hydrogen (secondary N) is 1. The zero-order chi connectivity index (χ0) is 14.9. The number of aromatic nitrogens is 1. The van der Waals surface area contributed by atoms with E-state index in [0.717, 1.165) is 33.9 Å². The molecule has 20 heavy (non-hydrogen) atoms. The highest BCUT2D eigenvalue weighted by Crippen LogP contribution is 2.25. The Labute approximate surface area is 124 Å². The van der Waals surface area contributed by atoms with Crippen molar-refractivity contribution in [3.05, 3.63) is 44.4 Å². The van der Waals surface area contributed by atoms with Gasteiger partial charge in [0.2, 0.25) is 0 Å². The Morgan fingerprint density at radius 2 is 1.95 bits per heavy atom.